The first-order valence-electron chi connectivity index (χ1n) is 8.94. The molecule has 0 aromatic rings. The van der Waals surface area contributed by atoms with E-state index in [1.165, 1.54) is 44.9 Å². The van der Waals surface area contributed by atoms with Gasteiger partial charge in [0.05, 0.1) is 12.7 Å². The highest BCUT2D eigenvalue weighted by atomic mass is 16.5. The van der Waals surface area contributed by atoms with Gasteiger partial charge in [0.25, 0.3) is 0 Å². The molecule has 5 heteroatoms. The van der Waals surface area contributed by atoms with Gasteiger partial charge in [-0.15, -0.1) is 0 Å². The van der Waals surface area contributed by atoms with Crippen molar-refractivity contribution in [3.8, 4) is 0 Å². The molecule has 2 atom stereocenters. The quantitative estimate of drug-likeness (QED) is 0.614. The zero-order valence-corrected chi connectivity index (χ0v) is 13.9. The predicted octanol–water partition coefficient (Wildman–Crippen LogP) is 1.62. The first kappa shape index (κ1) is 16.1. The van der Waals surface area contributed by atoms with E-state index in [1.807, 2.05) is 7.05 Å². The molecule has 1 saturated carbocycles. The van der Waals surface area contributed by atoms with Gasteiger partial charge in [0.15, 0.2) is 5.96 Å². The lowest BCUT2D eigenvalue weighted by Gasteiger charge is -2.29. The Balaban J connectivity index is 1.48. The Morgan fingerprint density at radius 2 is 2.18 bits per heavy atom. The summed E-state index contributed by atoms with van der Waals surface area (Å²) in [6.45, 7) is 4.50. The molecular formula is C17H31N3O2. The van der Waals surface area contributed by atoms with Crippen LogP contribution in [0.25, 0.3) is 0 Å². The predicted molar refractivity (Wildman–Crippen MR) is 88.0 cm³/mol. The molecule has 0 aromatic carbocycles. The zero-order chi connectivity index (χ0) is 15.4. The Morgan fingerprint density at radius 3 is 2.86 bits per heavy atom. The second kappa shape index (κ2) is 7.18. The number of likely N-dealkylation sites (tertiary alicyclic amines) is 1. The summed E-state index contributed by atoms with van der Waals surface area (Å²) in [5.41, 5.74) is 0.347. The van der Waals surface area contributed by atoms with Crippen LogP contribution >= 0.6 is 0 Å². The summed E-state index contributed by atoms with van der Waals surface area (Å²) in [6.07, 6.45) is 8.33. The molecule has 2 unspecified atom stereocenters. The van der Waals surface area contributed by atoms with Gasteiger partial charge in [0.1, 0.15) is 0 Å². The van der Waals surface area contributed by atoms with E-state index in [2.05, 4.69) is 15.2 Å². The van der Waals surface area contributed by atoms with E-state index in [0.717, 1.165) is 32.3 Å². The molecule has 1 aliphatic carbocycles. The van der Waals surface area contributed by atoms with E-state index in [-0.39, 0.29) is 6.10 Å². The van der Waals surface area contributed by atoms with Crippen LogP contribution in [0.5, 0.6) is 0 Å². The van der Waals surface area contributed by atoms with Crippen molar-refractivity contribution in [3.63, 3.8) is 0 Å². The zero-order valence-electron chi connectivity index (χ0n) is 13.9. The fraction of sp³-hybridized carbons (Fsp3) is 0.941. The lowest BCUT2D eigenvalue weighted by Crippen LogP contribution is -2.45. The minimum atomic E-state index is -0.247. The second-order valence-corrected chi connectivity index (χ2v) is 7.37. The van der Waals surface area contributed by atoms with E-state index in [1.54, 1.807) is 0 Å². The van der Waals surface area contributed by atoms with Crippen molar-refractivity contribution in [3.05, 3.63) is 0 Å². The van der Waals surface area contributed by atoms with E-state index in [9.17, 15) is 5.11 Å². The Labute approximate surface area is 134 Å². The minimum Gasteiger partial charge on any atom is -0.391 e. The summed E-state index contributed by atoms with van der Waals surface area (Å²) >= 11 is 0. The number of aliphatic imine (C=N–C) groups is 1. The van der Waals surface area contributed by atoms with Crippen molar-refractivity contribution < 1.29 is 9.84 Å². The molecule has 5 nitrogen and oxygen atoms in total. The Hall–Kier alpha value is -0.810. The number of ether oxygens (including phenoxy) is 1. The molecule has 2 heterocycles. The summed E-state index contributed by atoms with van der Waals surface area (Å²) in [5.74, 6) is 1.41. The van der Waals surface area contributed by atoms with Crippen molar-refractivity contribution in [2.45, 2.75) is 51.0 Å². The van der Waals surface area contributed by atoms with Gasteiger partial charge < -0.3 is 20.1 Å². The van der Waals surface area contributed by atoms with Gasteiger partial charge in [-0.3, -0.25) is 4.99 Å². The standard InChI is InChI=1S/C17H31N3O2/c1-18-16(19-11-15(21)14-5-3-2-4-6-14)20-9-7-17(12-20)8-10-22-13-17/h14-15,21H,2-13H2,1H3,(H,18,19). The van der Waals surface area contributed by atoms with Crippen LogP contribution in [0.4, 0.5) is 0 Å². The fourth-order valence-corrected chi connectivity index (χ4v) is 4.30. The molecule has 2 N–H and O–H groups in total. The van der Waals surface area contributed by atoms with Crippen molar-refractivity contribution in [1.29, 1.82) is 0 Å². The van der Waals surface area contributed by atoms with Crippen LogP contribution in [0.3, 0.4) is 0 Å². The molecule has 3 fully saturated rings. The molecule has 0 aromatic heterocycles. The van der Waals surface area contributed by atoms with Gasteiger partial charge in [0, 0.05) is 38.7 Å². The monoisotopic (exact) mass is 309 g/mol. The van der Waals surface area contributed by atoms with Crippen LogP contribution in [0, 0.1) is 11.3 Å². The highest BCUT2D eigenvalue weighted by Gasteiger charge is 2.42. The number of aliphatic hydroxyl groups is 1. The van der Waals surface area contributed by atoms with Crippen LogP contribution < -0.4 is 5.32 Å². The average molecular weight is 309 g/mol. The van der Waals surface area contributed by atoms with E-state index >= 15 is 0 Å². The number of hydrogen-bond donors (Lipinski definition) is 2. The van der Waals surface area contributed by atoms with Gasteiger partial charge in [-0.25, -0.2) is 0 Å². The first-order valence-corrected chi connectivity index (χ1v) is 8.94. The summed E-state index contributed by atoms with van der Waals surface area (Å²) < 4.78 is 5.59. The normalized spacial score (nSPS) is 31.9. The Kier molecular flexibility index (Phi) is 5.24. The maximum absolute atomic E-state index is 10.4. The van der Waals surface area contributed by atoms with Crippen LogP contribution in [0.15, 0.2) is 4.99 Å². The molecule has 0 amide bonds. The molecule has 3 rings (SSSR count). The largest absolute Gasteiger partial charge is 0.391 e. The maximum atomic E-state index is 10.4. The number of aliphatic hydroxyl groups excluding tert-OH is 1. The van der Waals surface area contributed by atoms with Gasteiger partial charge in [-0.2, -0.15) is 0 Å². The Bertz CT molecular complexity index is 387. The van der Waals surface area contributed by atoms with Gasteiger partial charge in [0.2, 0.25) is 0 Å². The molecule has 126 valence electrons. The summed E-state index contributed by atoms with van der Waals surface area (Å²) in [4.78, 5) is 6.76. The van der Waals surface area contributed by atoms with Crippen LogP contribution in [-0.4, -0.2) is 62.0 Å². The number of rotatable bonds is 3. The van der Waals surface area contributed by atoms with Crippen molar-refractivity contribution in [2.75, 3.05) is 39.9 Å². The molecule has 2 saturated heterocycles. The molecular weight excluding hydrogens is 278 g/mol. The van der Waals surface area contributed by atoms with Crippen molar-refractivity contribution >= 4 is 5.96 Å². The van der Waals surface area contributed by atoms with Crippen LogP contribution in [0.2, 0.25) is 0 Å². The van der Waals surface area contributed by atoms with E-state index in [4.69, 9.17) is 4.74 Å². The van der Waals surface area contributed by atoms with Crippen molar-refractivity contribution in [1.82, 2.24) is 10.2 Å². The third-order valence-corrected chi connectivity index (χ3v) is 5.80. The summed E-state index contributed by atoms with van der Waals surface area (Å²) in [7, 11) is 1.84. The van der Waals surface area contributed by atoms with Crippen molar-refractivity contribution in [2.24, 2.45) is 16.3 Å². The third-order valence-electron chi connectivity index (χ3n) is 5.80. The number of guanidine groups is 1. The minimum absolute atomic E-state index is 0.247. The lowest BCUT2D eigenvalue weighted by molar-refractivity contribution is 0.0874. The molecule has 2 aliphatic heterocycles. The molecule has 1 spiro atoms. The van der Waals surface area contributed by atoms with Gasteiger partial charge in [-0.05, 0) is 31.6 Å². The second-order valence-electron chi connectivity index (χ2n) is 7.37. The van der Waals surface area contributed by atoms with E-state index < -0.39 is 0 Å². The molecule has 22 heavy (non-hydrogen) atoms. The lowest BCUT2D eigenvalue weighted by atomic mass is 9.85. The number of nitrogens with zero attached hydrogens (tertiary/aromatic N) is 2. The van der Waals surface area contributed by atoms with Crippen LogP contribution in [0.1, 0.15) is 44.9 Å². The maximum Gasteiger partial charge on any atom is 0.193 e. The molecule has 0 radical (unpaired) electrons. The fourth-order valence-electron chi connectivity index (χ4n) is 4.30. The van der Waals surface area contributed by atoms with Crippen LogP contribution in [-0.2, 0) is 4.74 Å². The van der Waals surface area contributed by atoms with Gasteiger partial charge in [-0.1, -0.05) is 19.3 Å². The highest BCUT2D eigenvalue weighted by Crippen LogP contribution is 2.38. The average Bonchev–Trinajstić information content (AvgIpc) is 3.19. The topological polar surface area (TPSA) is 57.1 Å². The number of nitrogens with one attached hydrogen (secondary N) is 1. The summed E-state index contributed by atoms with van der Waals surface area (Å²) in [6, 6.07) is 0. The summed E-state index contributed by atoms with van der Waals surface area (Å²) in [5, 5.41) is 13.8. The van der Waals surface area contributed by atoms with Gasteiger partial charge >= 0.3 is 0 Å². The highest BCUT2D eigenvalue weighted by molar-refractivity contribution is 5.80. The number of hydrogen-bond acceptors (Lipinski definition) is 3. The molecule has 3 aliphatic rings. The first-order chi connectivity index (χ1) is 10.7. The smallest absolute Gasteiger partial charge is 0.193 e. The van der Waals surface area contributed by atoms with E-state index in [0.29, 0.717) is 17.9 Å². The molecule has 0 bridgehead atoms. The SMILES string of the molecule is CN=C(NCC(O)C1CCCCC1)N1CCC2(CCOC2)C1. The third kappa shape index (κ3) is 3.57. The Morgan fingerprint density at radius 1 is 1.36 bits per heavy atom.